The lowest BCUT2D eigenvalue weighted by atomic mass is 10.1. The summed E-state index contributed by atoms with van der Waals surface area (Å²) in [5.41, 5.74) is 3.66. The van der Waals surface area contributed by atoms with Crippen molar-refractivity contribution < 1.29 is 13.9 Å². The van der Waals surface area contributed by atoms with Crippen molar-refractivity contribution in [1.29, 1.82) is 0 Å². The Morgan fingerprint density at radius 2 is 1.67 bits per heavy atom. The van der Waals surface area contributed by atoms with Crippen molar-refractivity contribution in [1.82, 2.24) is 5.43 Å². The van der Waals surface area contributed by atoms with E-state index >= 15 is 0 Å². The molecule has 2 rings (SSSR count). The summed E-state index contributed by atoms with van der Waals surface area (Å²) in [5.74, 6) is 0.140. The first kappa shape index (κ1) is 20.6. The number of amides is 1. The van der Waals surface area contributed by atoms with E-state index in [0.29, 0.717) is 17.7 Å². The zero-order valence-electron chi connectivity index (χ0n) is 15.8. The van der Waals surface area contributed by atoms with E-state index in [4.69, 9.17) is 4.74 Å². The van der Waals surface area contributed by atoms with Gasteiger partial charge in [0.2, 0.25) is 0 Å². The molecule has 0 radical (unpaired) electrons. The zero-order chi connectivity index (χ0) is 19.3. The first-order valence-corrected chi connectivity index (χ1v) is 9.51. The zero-order valence-corrected chi connectivity index (χ0v) is 15.8. The van der Waals surface area contributed by atoms with Crippen LogP contribution in [0.5, 0.6) is 5.75 Å². The largest absolute Gasteiger partial charge is 0.494 e. The van der Waals surface area contributed by atoms with E-state index in [1.807, 2.05) is 0 Å². The smallest absolute Gasteiger partial charge is 0.271 e. The summed E-state index contributed by atoms with van der Waals surface area (Å²) in [5, 5.41) is 3.88. The van der Waals surface area contributed by atoms with Gasteiger partial charge in [-0.15, -0.1) is 0 Å². The van der Waals surface area contributed by atoms with Crippen molar-refractivity contribution in [2.75, 3.05) is 6.61 Å². The van der Waals surface area contributed by atoms with Gasteiger partial charge in [0.05, 0.1) is 12.8 Å². The molecule has 1 N–H and O–H groups in total. The van der Waals surface area contributed by atoms with Gasteiger partial charge in [-0.2, -0.15) is 5.10 Å². The average molecular weight is 370 g/mol. The summed E-state index contributed by atoms with van der Waals surface area (Å²) in [4.78, 5) is 12.1. The number of nitrogens with one attached hydrogen (secondary N) is 1. The molecule has 0 saturated carbocycles. The van der Waals surface area contributed by atoms with Crippen LogP contribution in [0.25, 0.3) is 0 Å². The molecule has 0 atom stereocenters. The van der Waals surface area contributed by atoms with E-state index in [0.717, 1.165) is 12.2 Å². The molecule has 27 heavy (non-hydrogen) atoms. The molecule has 2 aromatic rings. The fraction of sp³-hybridized carbons (Fsp3) is 0.364. The number of hydrazone groups is 1. The molecule has 0 aliphatic rings. The van der Waals surface area contributed by atoms with E-state index < -0.39 is 0 Å². The van der Waals surface area contributed by atoms with Crippen LogP contribution in [0.4, 0.5) is 4.39 Å². The molecule has 2 aromatic carbocycles. The summed E-state index contributed by atoms with van der Waals surface area (Å²) in [6.45, 7) is 2.91. The molecule has 144 valence electrons. The number of halogens is 1. The maximum Gasteiger partial charge on any atom is 0.271 e. The topological polar surface area (TPSA) is 50.7 Å². The molecule has 0 heterocycles. The second-order valence-electron chi connectivity index (χ2n) is 6.39. The maximum atomic E-state index is 12.8. The minimum atomic E-state index is -0.310. The first-order chi connectivity index (χ1) is 13.2. The van der Waals surface area contributed by atoms with Gasteiger partial charge in [-0.05, 0) is 48.4 Å². The Morgan fingerprint density at radius 1 is 1.00 bits per heavy atom. The van der Waals surface area contributed by atoms with Crippen molar-refractivity contribution in [2.45, 2.75) is 45.4 Å². The lowest BCUT2D eigenvalue weighted by Gasteiger charge is -2.07. The minimum absolute atomic E-state index is 0.309. The van der Waals surface area contributed by atoms with Crippen LogP contribution in [-0.4, -0.2) is 18.7 Å². The minimum Gasteiger partial charge on any atom is -0.494 e. The highest BCUT2D eigenvalue weighted by Gasteiger charge is 2.04. The molecule has 1 amide bonds. The second kappa shape index (κ2) is 11.8. The monoisotopic (exact) mass is 370 g/mol. The predicted octanol–water partition coefficient (Wildman–Crippen LogP) is 5.33. The summed E-state index contributed by atoms with van der Waals surface area (Å²) in [6.07, 6.45) is 8.82. The van der Waals surface area contributed by atoms with Gasteiger partial charge in [0.15, 0.2) is 0 Å². The molecule has 0 unspecified atom stereocenters. The Hall–Kier alpha value is -2.69. The molecule has 0 aliphatic carbocycles. The third-order valence-corrected chi connectivity index (χ3v) is 4.13. The summed E-state index contributed by atoms with van der Waals surface area (Å²) in [7, 11) is 0. The standard InChI is InChI=1S/C22H27FN2O2/c1-2-3-4-5-6-7-16-27-21-14-10-19(11-15-21)22(26)25-24-17-18-8-12-20(23)13-9-18/h8-15,17H,2-7,16H2,1H3,(H,25,26)/b24-17+. The third-order valence-electron chi connectivity index (χ3n) is 4.13. The van der Waals surface area contributed by atoms with Gasteiger partial charge in [-0.3, -0.25) is 4.79 Å². The maximum absolute atomic E-state index is 12.8. The van der Waals surface area contributed by atoms with E-state index in [9.17, 15) is 9.18 Å². The predicted molar refractivity (Wildman–Crippen MR) is 107 cm³/mol. The van der Waals surface area contributed by atoms with Gasteiger partial charge < -0.3 is 4.74 Å². The number of benzene rings is 2. The summed E-state index contributed by atoms with van der Waals surface area (Å²) in [6, 6.07) is 12.8. The van der Waals surface area contributed by atoms with Gasteiger partial charge in [-0.25, -0.2) is 9.82 Å². The van der Waals surface area contributed by atoms with Crippen LogP contribution >= 0.6 is 0 Å². The Labute approximate surface area is 160 Å². The van der Waals surface area contributed by atoms with Crippen LogP contribution in [0.3, 0.4) is 0 Å². The highest BCUT2D eigenvalue weighted by atomic mass is 19.1. The van der Waals surface area contributed by atoms with E-state index in [1.54, 1.807) is 36.4 Å². The number of hydrogen-bond donors (Lipinski definition) is 1. The van der Waals surface area contributed by atoms with Crippen molar-refractivity contribution in [2.24, 2.45) is 5.10 Å². The van der Waals surface area contributed by atoms with Gasteiger partial charge >= 0.3 is 0 Å². The number of ether oxygens (including phenoxy) is 1. The number of rotatable bonds is 11. The number of carbonyl (C=O) groups excluding carboxylic acids is 1. The van der Waals surface area contributed by atoms with Crippen LogP contribution < -0.4 is 10.2 Å². The van der Waals surface area contributed by atoms with Crippen molar-refractivity contribution in [3.05, 3.63) is 65.5 Å². The van der Waals surface area contributed by atoms with Crippen molar-refractivity contribution in [3.8, 4) is 5.75 Å². The summed E-state index contributed by atoms with van der Waals surface area (Å²) >= 11 is 0. The highest BCUT2D eigenvalue weighted by Crippen LogP contribution is 2.13. The summed E-state index contributed by atoms with van der Waals surface area (Å²) < 4.78 is 18.5. The lowest BCUT2D eigenvalue weighted by molar-refractivity contribution is 0.0955. The first-order valence-electron chi connectivity index (χ1n) is 9.51. The Balaban J connectivity index is 1.70. The van der Waals surface area contributed by atoms with Crippen molar-refractivity contribution >= 4 is 12.1 Å². The number of carbonyl (C=O) groups is 1. The van der Waals surface area contributed by atoms with Gasteiger partial charge in [-0.1, -0.05) is 51.2 Å². The third kappa shape index (κ3) is 8.03. The van der Waals surface area contributed by atoms with Crippen LogP contribution in [0.15, 0.2) is 53.6 Å². The van der Waals surface area contributed by atoms with E-state index in [-0.39, 0.29) is 11.7 Å². The van der Waals surface area contributed by atoms with Crippen molar-refractivity contribution in [3.63, 3.8) is 0 Å². The Kier molecular flexibility index (Phi) is 9.04. The fourth-order valence-electron chi connectivity index (χ4n) is 2.55. The Bertz CT molecular complexity index is 712. The average Bonchev–Trinajstić information content (AvgIpc) is 2.69. The molecule has 4 nitrogen and oxygen atoms in total. The van der Waals surface area contributed by atoms with Crippen LogP contribution in [-0.2, 0) is 0 Å². The molecule has 0 aliphatic heterocycles. The molecular weight excluding hydrogens is 343 g/mol. The van der Waals surface area contributed by atoms with E-state index in [2.05, 4.69) is 17.5 Å². The number of nitrogens with zero attached hydrogens (tertiary/aromatic N) is 1. The fourth-order valence-corrected chi connectivity index (χ4v) is 2.55. The highest BCUT2D eigenvalue weighted by molar-refractivity contribution is 5.94. The lowest BCUT2D eigenvalue weighted by Crippen LogP contribution is -2.17. The molecule has 0 fully saturated rings. The molecule has 0 bridgehead atoms. The van der Waals surface area contributed by atoms with Crippen LogP contribution in [0.1, 0.15) is 61.4 Å². The van der Waals surface area contributed by atoms with Gasteiger partial charge in [0.1, 0.15) is 11.6 Å². The molecule has 0 aromatic heterocycles. The van der Waals surface area contributed by atoms with Crippen LogP contribution in [0.2, 0.25) is 0 Å². The van der Waals surface area contributed by atoms with Crippen LogP contribution in [0, 0.1) is 5.82 Å². The van der Waals surface area contributed by atoms with E-state index in [1.165, 1.54) is 50.5 Å². The number of unbranched alkanes of at least 4 members (excludes halogenated alkanes) is 5. The van der Waals surface area contributed by atoms with Gasteiger partial charge in [0, 0.05) is 5.56 Å². The molecule has 0 spiro atoms. The normalized spacial score (nSPS) is 10.9. The van der Waals surface area contributed by atoms with Gasteiger partial charge in [0.25, 0.3) is 5.91 Å². The second-order valence-corrected chi connectivity index (χ2v) is 6.39. The molecular formula is C22H27FN2O2. The quantitative estimate of drug-likeness (QED) is 0.330. The molecule has 0 saturated heterocycles. The SMILES string of the molecule is CCCCCCCCOc1ccc(C(=O)N/N=C/c2ccc(F)cc2)cc1. The molecule has 5 heteroatoms. The number of hydrogen-bond acceptors (Lipinski definition) is 3. The Morgan fingerprint density at radius 3 is 2.37 bits per heavy atom.